The molecule has 0 aromatic heterocycles. The molecule has 0 aromatic rings. The van der Waals surface area contributed by atoms with E-state index in [-0.39, 0.29) is 81.2 Å². The van der Waals surface area contributed by atoms with Gasteiger partial charge in [-0.15, -0.1) is 0 Å². The first-order chi connectivity index (χ1) is 1.41. The van der Waals surface area contributed by atoms with E-state index in [1.807, 2.05) is 0 Å². The van der Waals surface area contributed by atoms with Gasteiger partial charge in [-0.25, -0.2) is 4.89 Å². The Morgan fingerprint density at radius 2 is 1.60 bits per heavy atom. The van der Waals surface area contributed by atoms with Crippen LogP contribution in [0.2, 0.25) is 0 Å². The summed E-state index contributed by atoms with van der Waals surface area (Å²) in [5.41, 5.74) is 0. The third kappa shape index (κ3) is 21.3. The van der Waals surface area contributed by atoms with Crippen LogP contribution in [0.1, 0.15) is 5.71 Å². The van der Waals surface area contributed by atoms with Gasteiger partial charge in [0.25, 0.3) is 0 Å². The van der Waals surface area contributed by atoms with E-state index in [1.54, 1.807) is 0 Å². The first-order valence-electron chi connectivity index (χ1n) is 0.591. The van der Waals surface area contributed by atoms with Gasteiger partial charge >= 0.3 is 75.5 Å². The van der Waals surface area contributed by atoms with Gasteiger partial charge in [0.2, 0.25) is 0 Å². The van der Waals surface area contributed by atoms with Gasteiger partial charge in [0.05, 0.1) is 7.11 Å². The summed E-state index contributed by atoms with van der Waals surface area (Å²) in [6.07, 6.45) is 0. The molecule has 0 saturated heterocycles. The van der Waals surface area contributed by atoms with Crippen LogP contribution in [0.25, 0.3) is 0 Å². The van der Waals surface area contributed by atoms with Crippen LogP contribution in [0.15, 0.2) is 0 Å². The quantitative estimate of drug-likeness (QED) is 0.281. The second-order valence-electron chi connectivity index (χ2n) is 0.183. The molecule has 1 N–H and O–H groups in total. The summed E-state index contributed by atoms with van der Waals surface area (Å²) >= 11 is 0. The Hall–Kier alpha value is 2.44. The van der Waals surface area contributed by atoms with E-state index in [4.69, 9.17) is 5.26 Å². The second kappa shape index (κ2) is 16.1. The fourth-order valence-corrected chi connectivity index (χ4v) is 0. The van der Waals surface area contributed by atoms with Crippen LogP contribution in [0, 0.1) is 0 Å². The molecule has 0 rings (SSSR count). The zero-order valence-electron chi connectivity index (χ0n) is 7.27. The summed E-state index contributed by atoms with van der Waals surface area (Å²) in [6.45, 7) is 0. The predicted molar refractivity (Wildman–Crippen MR) is 25.6 cm³/mol. The summed E-state index contributed by atoms with van der Waals surface area (Å²) < 4.78 is 0. The average molecular weight is 132 g/mol. The van der Waals surface area contributed by atoms with Crippen LogP contribution in [0.4, 0.5) is 0 Å². The molecular weight excluding hydrogens is 124 g/mol. The van der Waals surface area contributed by atoms with E-state index in [0.717, 1.165) is 0 Å². The van der Waals surface area contributed by atoms with Crippen LogP contribution >= 0.6 is 0 Å². The van der Waals surface area contributed by atoms with Gasteiger partial charge in [0, 0.05) is 0 Å². The standard InChI is InChI=1S/CH4O2.2Ca.4H/c1-3-2;;;;;;/h2H,1H3;;;;;;/q;2*+2;4*-1. The van der Waals surface area contributed by atoms with Crippen LogP contribution in [-0.4, -0.2) is 87.8 Å². The minimum absolute atomic E-state index is 0. The summed E-state index contributed by atoms with van der Waals surface area (Å²) in [6, 6.07) is 0. The van der Waals surface area contributed by atoms with Crippen molar-refractivity contribution in [1.82, 2.24) is 0 Å². The van der Waals surface area contributed by atoms with Crippen molar-refractivity contribution < 1.29 is 15.9 Å². The van der Waals surface area contributed by atoms with Gasteiger partial charge in [-0.3, -0.25) is 5.26 Å². The molecule has 0 atom stereocenters. The minimum atomic E-state index is 0. The third-order valence-corrected chi connectivity index (χ3v) is 0. The number of hydrogen-bond donors (Lipinski definition) is 1. The molecular formula is CH8Ca2O2. The molecule has 0 spiro atoms. The summed E-state index contributed by atoms with van der Waals surface area (Å²) in [5.74, 6) is 0. The maximum atomic E-state index is 7.07. The Morgan fingerprint density at radius 3 is 1.60 bits per heavy atom. The molecule has 0 aliphatic rings. The molecule has 0 aliphatic heterocycles. The Bertz CT molecular complexity index is 16.5. The average Bonchev–Trinajstić information content (AvgIpc) is 0.918. The molecule has 0 amide bonds. The molecule has 0 fully saturated rings. The molecule has 2 nitrogen and oxygen atoms in total. The number of hydrogen-bond acceptors (Lipinski definition) is 2. The van der Waals surface area contributed by atoms with Gasteiger partial charge in [0.15, 0.2) is 0 Å². The van der Waals surface area contributed by atoms with E-state index in [1.165, 1.54) is 7.11 Å². The smallest absolute Gasteiger partial charge is 1.00 e. The van der Waals surface area contributed by atoms with Gasteiger partial charge < -0.3 is 5.71 Å². The first-order valence-corrected chi connectivity index (χ1v) is 0.591. The predicted octanol–water partition coefficient (Wildman–Crippen LogP) is -0.206. The van der Waals surface area contributed by atoms with Crippen molar-refractivity contribution >= 4 is 75.5 Å². The van der Waals surface area contributed by atoms with E-state index < -0.39 is 0 Å². The second-order valence-corrected chi connectivity index (χ2v) is 0.183. The normalized spacial score (nSPS) is 3.60. The van der Waals surface area contributed by atoms with Crippen molar-refractivity contribution in [1.29, 1.82) is 0 Å². The molecule has 0 bridgehead atoms. The van der Waals surface area contributed by atoms with Crippen LogP contribution < -0.4 is 0 Å². The molecule has 28 valence electrons. The Balaban J connectivity index is -0.00000000133. The monoisotopic (exact) mass is 132 g/mol. The molecule has 5 heavy (non-hydrogen) atoms. The van der Waals surface area contributed by atoms with E-state index >= 15 is 0 Å². The topological polar surface area (TPSA) is 29.5 Å². The Morgan fingerprint density at radius 1 is 1.60 bits per heavy atom. The molecule has 0 unspecified atom stereocenters. The van der Waals surface area contributed by atoms with Crippen molar-refractivity contribution in [3.8, 4) is 0 Å². The van der Waals surface area contributed by atoms with E-state index in [2.05, 4.69) is 4.89 Å². The number of rotatable bonds is 0. The van der Waals surface area contributed by atoms with Gasteiger partial charge in [-0.1, -0.05) is 0 Å². The van der Waals surface area contributed by atoms with E-state index in [0.29, 0.717) is 0 Å². The molecule has 0 radical (unpaired) electrons. The molecule has 4 heteroatoms. The van der Waals surface area contributed by atoms with E-state index in [9.17, 15) is 0 Å². The maximum absolute atomic E-state index is 7.07. The largest absolute Gasteiger partial charge is 2.00 e. The van der Waals surface area contributed by atoms with Crippen LogP contribution in [0.5, 0.6) is 0 Å². The summed E-state index contributed by atoms with van der Waals surface area (Å²) in [5, 5.41) is 7.07. The van der Waals surface area contributed by atoms with Crippen molar-refractivity contribution in [2.24, 2.45) is 0 Å². The van der Waals surface area contributed by atoms with Gasteiger partial charge in [0.1, 0.15) is 0 Å². The van der Waals surface area contributed by atoms with Gasteiger partial charge in [-0.05, 0) is 0 Å². The molecule has 0 aliphatic carbocycles. The summed E-state index contributed by atoms with van der Waals surface area (Å²) in [4.78, 5) is 3.25. The first kappa shape index (κ1) is 15.7. The Labute approximate surface area is 96.7 Å². The fraction of sp³-hybridized carbons (Fsp3) is 1.00. The maximum Gasteiger partial charge on any atom is 2.00 e. The third-order valence-electron chi connectivity index (χ3n) is 0. The van der Waals surface area contributed by atoms with Crippen LogP contribution in [0.3, 0.4) is 0 Å². The molecule has 0 aromatic carbocycles. The van der Waals surface area contributed by atoms with Crippen LogP contribution in [-0.2, 0) is 4.89 Å². The van der Waals surface area contributed by atoms with Crippen molar-refractivity contribution in [3.63, 3.8) is 0 Å². The summed E-state index contributed by atoms with van der Waals surface area (Å²) in [7, 11) is 1.18. The molecule has 0 saturated carbocycles. The SMILES string of the molecule is COO.[Ca+2].[Ca+2].[H-].[H-].[H-].[H-]. The van der Waals surface area contributed by atoms with Crippen molar-refractivity contribution in [3.05, 3.63) is 0 Å². The zero-order valence-corrected chi connectivity index (χ0v) is 7.69. The zero-order chi connectivity index (χ0) is 2.71. The van der Waals surface area contributed by atoms with Crippen molar-refractivity contribution in [2.75, 3.05) is 7.11 Å². The Kier molecular flexibility index (Phi) is 50.4. The van der Waals surface area contributed by atoms with Gasteiger partial charge in [-0.2, -0.15) is 0 Å². The molecule has 0 heterocycles. The fourth-order valence-electron chi connectivity index (χ4n) is 0. The minimum Gasteiger partial charge on any atom is -1.00 e. The van der Waals surface area contributed by atoms with Crippen molar-refractivity contribution in [2.45, 2.75) is 0 Å².